The molecule has 1 aromatic carbocycles. The Bertz CT molecular complexity index is 404. The first-order valence-corrected chi connectivity index (χ1v) is 7.15. The van der Waals surface area contributed by atoms with Crippen LogP contribution < -0.4 is 5.73 Å². The van der Waals surface area contributed by atoms with Crippen LogP contribution in [0.5, 0.6) is 0 Å². The first-order chi connectivity index (χ1) is 8.61. The van der Waals surface area contributed by atoms with Crippen molar-refractivity contribution in [1.82, 2.24) is 4.90 Å². The average Bonchev–Trinajstić information content (AvgIpc) is 2.19. The number of rotatable bonds is 5. The Labute approximate surface area is 119 Å². The summed E-state index contributed by atoms with van der Waals surface area (Å²) in [6.07, 6.45) is 2.13. The van der Waals surface area contributed by atoms with E-state index < -0.39 is 0 Å². The maximum Gasteiger partial charge on any atom is 0.0347 e. The van der Waals surface area contributed by atoms with Crippen LogP contribution in [0.25, 0.3) is 0 Å². The van der Waals surface area contributed by atoms with Gasteiger partial charge in [-0.15, -0.1) is 0 Å². The van der Waals surface area contributed by atoms with Crippen molar-refractivity contribution in [3.05, 3.63) is 34.4 Å². The molecule has 2 heteroatoms. The predicted molar refractivity (Wildman–Crippen MR) is 84.6 cm³/mol. The van der Waals surface area contributed by atoms with Crippen LogP contribution in [0.4, 0.5) is 0 Å². The van der Waals surface area contributed by atoms with E-state index in [-0.39, 0.29) is 5.54 Å². The molecule has 0 saturated heterocycles. The highest BCUT2D eigenvalue weighted by atomic mass is 15.1. The van der Waals surface area contributed by atoms with E-state index in [1.807, 2.05) is 0 Å². The molecule has 1 aromatic rings. The fraction of sp³-hybridized carbons (Fsp3) is 0.647. The van der Waals surface area contributed by atoms with Crippen LogP contribution >= 0.6 is 0 Å². The molecule has 0 heterocycles. The third-order valence-corrected chi connectivity index (χ3v) is 3.76. The van der Waals surface area contributed by atoms with E-state index in [0.717, 1.165) is 12.8 Å². The predicted octanol–water partition coefficient (Wildman–Crippen LogP) is 3.73. The zero-order chi connectivity index (χ0) is 14.8. The van der Waals surface area contributed by atoms with Crippen LogP contribution in [-0.2, 0) is 0 Å². The summed E-state index contributed by atoms with van der Waals surface area (Å²) < 4.78 is 0. The van der Waals surface area contributed by atoms with Crippen molar-refractivity contribution in [2.75, 3.05) is 14.1 Å². The molecule has 1 atom stereocenters. The van der Waals surface area contributed by atoms with Gasteiger partial charge in [-0.2, -0.15) is 0 Å². The fourth-order valence-electron chi connectivity index (χ4n) is 2.89. The lowest BCUT2D eigenvalue weighted by atomic mass is 9.88. The largest absolute Gasteiger partial charge is 0.326 e. The highest BCUT2D eigenvalue weighted by Gasteiger charge is 2.21. The van der Waals surface area contributed by atoms with E-state index in [9.17, 15) is 0 Å². The van der Waals surface area contributed by atoms with Crippen molar-refractivity contribution in [3.63, 3.8) is 0 Å². The van der Waals surface area contributed by atoms with Gasteiger partial charge in [-0.3, -0.25) is 0 Å². The summed E-state index contributed by atoms with van der Waals surface area (Å²) in [4.78, 5) is 2.32. The summed E-state index contributed by atoms with van der Waals surface area (Å²) in [5.74, 6) is 0. The monoisotopic (exact) mass is 262 g/mol. The van der Waals surface area contributed by atoms with Gasteiger partial charge in [-0.25, -0.2) is 0 Å². The van der Waals surface area contributed by atoms with E-state index in [1.54, 1.807) is 0 Å². The average molecular weight is 262 g/mol. The van der Waals surface area contributed by atoms with Gasteiger partial charge >= 0.3 is 0 Å². The third kappa shape index (κ3) is 4.63. The molecule has 0 radical (unpaired) electrons. The van der Waals surface area contributed by atoms with E-state index in [0.29, 0.717) is 6.04 Å². The lowest BCUT2D eigenvalue weighted by Gasteiger charge is -2.30. The van der Waals surface area contributed by atoms with Crippen LogP contribution in [0.3, 0.4) is 0 Å². The van der Waals surface area contributed by atoms with Gasteiger partial charge in [-0.1, -0.05) is 17.7 Å². The Kier molecular flexibility index (Phi) is 5.17. The van der Waals surface area contributed by atoms with Crippen LogP contribution in [0, 0.1) is 20.8 Å². The van der Waals surface area contributed by atoms with Crippen molar-refractivity contribution >= 4 is 0 Å². The first kappa shape index (κ1) is 16.2. The summed E-state index contributed by atoms with van der Waals surface area (Å²) in [7, 11) is 4.32. The van der Waals surface area contributed by atoms with Crippen LogP contribution in [-0.4, -0.2) is 24.5 Å². The number of aryl methyl sites for hydroxylation is 3. The molecule has 0 aliphatic heterocycles. The van der Waals surface area contributed by atoms with Gasteiger partial charge in [0.05, 0.1) is 0 Å². The van der Waals surface area contributed by atoms with Crippen molar-refractivity contribution in [1.29, 1.82) is 0 Å². The maximum absolute atomic E-state index is 6.14. The second-order valence-corrected chi connectivity index (χ2v) is 6.82. The van der Waals surface area contributed by atoms with E-state index in [2.05, 4.69) is 65.7 Å². The Morgan fingerprint density at radius 1 is 1.11 bits per heavy atom. The lowest BCUT2D eigenvalue weighted by molar-refractivity contribution is 0.260. The Morgan fingerprint density at radius 2 is 1.58 bits per heavy atom. The minimum absolute atomic E-state index is 0.0965. The van der Waals surface area contributed by atoms with Gasteiger partial charge in [-0.05, 0) is 78.2 Å². The van der Waals surface area contributed by atoms with E-state index in [1.165, 1.54) is 22.3 Å². The number of benzene rings is 1. The third-order valence-electron chi connectivity index (χ3n) is 3.76. The molecule has 2 nitrogen and oxygen atoms in total. The number of hydrogen-bond donors (Lipinski definition) is 1. The normalized spacial score (nSPS) is 13.9. The van der Waals surface area contributed by atoms with Crippen LogP contribution in [0.15, 0.2) is 12.1 Å². The van der Waals surface area contributed by atoms with Crippen molar-refractivity contribution in [3.8, 4) is 0 Å². The van der Waals surface area contributed by atoms with E-state index >= 15 is 0 Å². The fourth-order valence-corrected chi connectivity index (χ4v) is 2.89. The van der Waals surface area contributed by atoms with Gasteiger partial charge in [0.1, 0.15) is 0 Å². The van der Waals surface area contributed by atoms with Gasteiger partial charge in [0, 0.05) is 11.6 Å². The van der Waals surface area contributed by atoms with Crippen molar-refractivity contribution in [2.24, 2.45) is 5.73 Å². The molecule has 2 N–H and O–H groups in total. The highest BCUT2D eigenvalue weighted by Crippen LogP contribution is 2.31. The minimum atomic E-state index is -0.0965. The molecule has 1 rings (SSSR count). The zero-order valence-electron chi connectivity index (χ0n) is 13.7. The summed E-state index contributed by atoms with van der Waals surface area (Å²) in [6, 6.07) is 5.02. The summed E-state index contributed by atoms with van der Waals surface area (Å²) in [5, 5.41) is 0. The number of nitrogens with zero attached hydrogens (tertiary/aromatic N) is 1. The van der Waals surface area contributed by atoms with Crippen LogP contribution in [0.1, 0.15) is 55.0 Å². The molecule has 0 fully saturated rings. The van der Waals surface area contributed by atoms with Crippen LogP contribution in [0.2, 0.25) is 0 Å². The second-order valence-electron chi connectivity index (χ2n) is 6.82. The molecule has 0 aliphatic carbocycles. The van der Waals surface area contributed by atoms with Gasteiger partial charge in [0.25, 0.3) is 0 Å². The minimum Gasteiger partial charge on any atom is -0.326 e. The SMILES string of the molecule is Cc1cc(C)c(C(CCC(C)(C)N)N(C)C)c(C)c1. The van der Waals surface area contributed by atoms with E-state index in [4.69, 9.17) is 5.73 Å². The summed E-state index contributed by atoms with van der Waals surface area (Å²) in [6.45, 7) is 10.8. The van der Waals surface area contributed by atoms with Crippen molar-refractivity contribution in [2.45, 2.75) is 59.0 Å². The standard InChI is InChI=1S/C17H30N2/c1-12-10-13(2)16(14(3)11-12)15(19(6)7)8-9-17(4,5)18/h10-11,15H,8-9,18H2,1-7H3. The molecule has 0 bridgehead atoms. The molecule has 0 saturated carbocycles. The van der Waals surface area contributed by atoms with Crippen molar-refractivity contribution < 1.29 is 0 Å². The molecule has 1 unspecified atom stereocenters. The maximum atomic E-state index is 6.14. The molecule has 0 spiro atoms. The quantitative estimate of drug-likeness (QED) is 0.876. The molecule has 19 heavy (non-hydrogen) atoms. The molecular formula is C17H30N2. The summed E-state index contributed by atoms with van der Waals surface area (Å²) in [5.41, 5.74) is 11.7. The molecule has 0 aromatic heterocycles. The first-order valence-electron chi connectivity index (χ1n) is 7.15. The molecule has 0 aliphatic rings. The van der Waals surface area contributed by atoms with Gasteiger partial charge in [0.15, 0.2) is 0 Å². The number of nitrogens with two attached hydrogens (primary N) is 1. The topological polar surface area (TPSA) is 29.3 Å². The van der Waals surface area contributed by atoms with Gasteiger partial charge < -0.3 is 10.6 Å². The molecule has 108 valence electrons. The van der Waals surface area contributed by atoms with Gasteiger partial charge in [0.2, 0.25) is 0 Å². The second kappa shape index (κ2) is 6.06. The zero-order valence-corrected chi connectivity index (χ0v) is 13.7. The Morgan fingerprint density at radius 3 is 1.95 bits per heavy atom. The summed E-state index contributed by atoms with van der Waals surface area (Å²) >= 11 is 0. The smallest absolute Gasteiger partial charge is 0.0347 e. The highest BCUT2D eigenvalue weighted by molar-refractivity contribution is 5.39. The number of hydrogen-bond acceptors (Lipinski definition) is 2. The molecule has 0 amide bonds. The molecular weight excluding hydrogens is 232 g/mol. The lowest BCUT2D eigenvalue weighted by Crippen LogP contribution is -2.33. The Hall–Kier alpha value is -0.860. The Balaban J connectivity index is 3.07.